The lowest BCUT2D eigenvalue weighted by molar-refractivity contribution is -0.159. The smallest absolute Gasteiger partial charge is 0.393 e. The second kappa shape index (κ2) is 11.6. The molecule has 6 bridgehead atoms. The van der Waals surface area contributed by atoms with Gasteiger partial charge < -0.3 is 48.2 Å². The van der Waals surface area contributed by atoms with Crippen molar-refractivity contribution in [2.45, 2.75) is 92.5 Å². The Morgan fingerprint density at radius 3 is 1.34 bits per heavy atom. The molecule has 0 aliphatic carbocycles. The Balaban J connectivity index is 1.11. The Bertz CT molecular complexity index is 1250. The zero-order valence-corrected chi connectivity index (χ0v) is 26.9. The molecule has 0 aromatic carbocycles. The first-order valence-corrected chi connectivity index (χ1v) is 18.4. The molecule has 6 fully saturated rings. The Kier molecular flexibility index (Phi) is 8.94. The molecule has 4 N–H and O–H groups in total. The zero-order chi connectivity index (χ0) is 31.9. The molecule has 6 unspecified atom stereocenters. The highest BCUT2D eigenvalue weighted by Crippen LogP contribution is 2.58. The Morgan fingerprint density at radius 2 is 0.977 bits per heavy atom. The van der Waals surface area contributed by atoms with E-state index in [1.165, 1.54) is 0 Å². The molecule has 6 aliphatic heterocycles. The summed E-state index contributed by atoms with van der Waals surface area (Å²) in [5.74, 6) is 0. The predicted molar refractivity (Wildman–Crippen MR) is 139 cm³/mol. The van der Waals surface area contributed by atoms with Crippen molar-refractivity contribution < 1.29 is 89.0 Å². The lowest BCUT2D eigenvalue weighted by Gasteiger charge is -2.33. The van der Waals surface area contributed by atoms with Crippen molar-refractivity contribution in [1.29, 1.82) is 0 Å². The topological polar surface area (TPSA) is 243 Å². The minimum Gasteiger partial charge on any atom is -0.393 e. The lowest BCUT2D eigenvalue weighted by Crippen LogP contribution is -2.47. The van der Waals surface area contributed by atoms with Gasteiger partial charge in [-0.2, -0.15) is 0 Å². The van der Waals surface area contributed by atoms with Crippen molar-refractivity contribution >= 4 is 23.5 Å². The number of phosphoric ester groups is 3. The normalized spacial score (nSPS) is 49.8. The molecule has 0 saturated carbocycles. The maximum Gasteiger partial charge on any atom is 0.472 e. The summed E-state index contributed by atoms with van der Waals surface area (Å²) in [6.45, 7) is 2.69. The number of hydrogen-bond acceptors (Lipinski definition) is 16. The molecule has 44 heavy (non-hydrogen) atoms. The third-order valence-corrected chi connectivity index (χ3v) is 11.7. The molecular formula is C22H37O19P3. The fourth-order valence-corrected chi connectivity index (χ4v) is 9.52. The van der Waals surface area contributed by atoms with Crippen molar-refractivity contribution in [1.82, 2.24) is 0 Å². The van der Waals surface area contributed by atoms with E-state index in [1.807, 2.05) is 0 Å². The zero-order valence-electron chi connectivity index (χ0n) is 24.2. The van der Waals surface area contributed by atoms with Crippen molar-refractivity contribution in [3.63, 3.8) is 0 Å². The molecule has 0 aromatic rings. The molecule has 254 valence electrons. The lowest BCUT2D eigenvalue weighted by atomic mass is 10.0. The van der Waals surface area contributed by atoms with Gasteiger partial charge in [-0.05, 0) is 20.8 Å². The van der Waals surface area contributed by atoms with Crippen LogP contribution in [0.1, 0.15) is 20.8 Å². The highest BCUT2D eigenvalue weighted by Gasteiger charge is 2.67. The van der Waals surface area contributed by atoms with Gasteiger partial charge in [0.2, 0.25) is 0 Å². The van der Waals surface area contributed by atoms with Crippen LogP contribution in [0, 0.1) is 0 Å². The van der Waals surface area contributed by atoms with Gasteiger partial charge in [-0.1, -0.05) is 0 Å². The Hall–Kier alpha value is 0.0500. The number of fused-ring (bicyclic) bond motifs is 6. The summed E-state index contributed by atoms with van der Waals surface area (Å²) < 4.78 is 104. The average Bonchev–Trinajstić information content (AvgIpc) is 3.74. The minimum atomic E-state index is -4.95. The highest BCUT2D eigenvalue weighted by molar-refractivity contribution is 7.48. The molecule has 0 aromatic heterocycles. The van der Waals surface area contributed by atoms with Crippen molar-refractivity contribution in [2.75, 3.05) is 46.8 Å². The van der Waals surface area contributed by atoms with Crippen LogP contribution in [0.2, 0.25) is 0 Å². The molecule has 0 spiro atoms. The number of aliphatic hydroxyl groups excluding tert-OH is 1. The number of rotatable bonds is 14. The second-order valence-electron chi connectivity index (χ2n) is 11.9. The minimum absolute atomic E-state index is 0.0401. The van der Waals surface area contributed by atoms with Gasteiger partial charge in [-0.3, -0.25) is 27.1 Å². The van der Waals surface area contributed by atoms with Crippen LogP contribution in [-0.4, -0.2) is 138 Å². The van der Waals surface area contributed by atoms with Crippen LogP contribution < -0.4 is 0 Å². The van der Waals surface area contributed by atoms with Gasteiger partial charge in [0.05, 0.1) is 58.0 Å². The first-order chi connectivity index (χ1) is 20.5. The van der Waals surface area contributed by atoms with Gasteiger partial charge in [-0.25, -0.2) is 13.7 Å². The monoisotopic (exact) mass is 698 g/mol. The summed E-state index contributed by atoms with van der Waals surface area (Å²) in [6.07, 6.45) is -7.69. The second-order valence-corrected chi connectivity index (χ2v) is 16.2. The molecule has 19 nitrogen and oxygen atoms in total. The number of aliphatic hydroxyl groups is 1. The van der Waals surface area contributed by atoms with Crippen LogP contribution in [0.4, 0.5) is 0 Å². The van der Waals surface area contributed by atoms with Crippen molar-refractivity contribution in [3.8, 4) is 0 Å². The van der Waals surface area contributed by atoms with E-state index in [0.717, 1.165) is 7.11 Å². The van der Waals surface area contributed by atoms with Crippen LogP contribution >= 0.6 is 23.5 Å². The van der Waals surface area contributed by atoms with Gasteiger partial charge >= 0.3 is 23.5 Å². The molecule has 6 heterocycles. The van der Waals surface area contributed by atoms with Crippen LogP contribution in [0.15, 0.2) is 0 Å². The number of phosphoric acid groups is 3. The van der Waals surface area contributed by atoms with E-state index in [4.69, 9.17) is 51.0 Å². The summed E-state index contributed by atoms with van der Waals surface area (Å²) in [6, 6.07) is 0. The molecule has 6 saturated heterocycles. The highest BCUT2D eigenvalue weighted by atomic mass is 31.2. The predicted octanol–water partition coefficient (Wildman–Crippen LogP) is -0.216. The van der Waals surface area contributed by atoms with Crippen molar-refractivity contribution in [2.24, 2.45) is 0 Å². The summed E-state index contributed by atoms with van der Waals surface area (Å²) in [5.41, 5.74) is -4.47. The van der Waals surface area contributed by atoms with Crippen molar-refractivity contribution in [3.05, 3.63) is 0 Å². The van der Waals surface area contributed by atoms with E-state index in [-0.39, 0.29) is 19.8 Å². The van der Waals surface area contributed by atoms with Gasteiger partial charge in [0.25, 0.3) is 0 Å². The first-order valence-electron chi connectivity index (χ1n) is 13.9. The number of ether oxygens (including phenoxy) is 6. The van der Waals surface area contributed by atoms with E-state index in [1.54, 1.807) is 20.8 Å². The van der Waals surface area contributed by atoms with Gasteiger partial charge in [0.1, 0.15) is 53.4 Å². The summed E-state index contributed by atoms with van der Waals surface area (Å²) >= 11 is 0. The molecular weight excluding hydrogens is 661 g/mol. The maximum absolute atomic E-state index is 13.2. The third-order valence-electron chi connectivity index (χ3n) is 8.84. The van der Waals surface area contributed by atoms with E-state index >= 15 is 0 Å². The van der Waals surface area contributed by atoms with E-state index < -0.39 is 115 Å². The summed E-state index contributed by atoms with van der Waals surface area (Å²) in [4.78, 5) is 31.2. The van der Waals surface area contributed by atoms with Gasteiger partial charge in [0, 0.05) is 7.11 Å². The summed E-state index contributed by atoms with van der Waals surface area (Å²) in [5, 5.41) is 9.86. The van der Waals surface area contributed by atoms with Gasteiger partial charge in [0.15, 0.2) is 0 Å². The number of hydrogen-bond donors (Lipinski definition) is 4. The third kappa shape index (κ3) is 5.85. The van der Waals surface area contributed by atoms with E-state index in [2.05, 4.69) is 4.52 Å². The van der Waals surface area contributed by atoms with Crippen LogP contribution in [0.3, 0.4) is 0 Å². The first kappa shape index (κ1) is 33.9. The van der Waals surface area contributed by atoms with E-state index in [0.29, 0.717) is 0 Å². The maximum atomic E-state index is 13.2. The molecule has 6 aliphatic rings. The molecule has 0 radical (unpaired) electrons. The van der Waals surface area contributed by atoms with Gasteiger partial charge in [-0.15, -0.1) is 0 Å². The molecule has 6 rings (SSSR count). The molecule has 22 heteroatoms. The SMILES string of the molecule is COP(=O)(O)O[C@@H]1C2OC[C@]1(COP(=O)(O)O[C@@H]1C3OC[C@]1(COP(=O)(O)O[C@@H]1C4OC[C@]1(CO)O[C@H]4C)O[C@H]3C)O[C@H]2C. The Morgan fingerprint density at radius 1 is 0.636 bits per heavy atom. The van der Waals surface area contributed by atoms with Crippen LogP contribution in [-0.2, 0) is 69.3 Å². The average molecular weight is 698 g/mol. The largest absolute Gasteiger partial charge is 0.472 e. The molecule has 15 atom stereocenters. The van der Waals surface area contributed by atoms with Crippen LogP contribution in [0.5, 0.6) is 0 Å². The summed E-state index contributed by atoms with van der Waals surface area (Å²) in [7, 11) is -13.3. The molecule has 0 amide bonds. The fraction of sp³-hybridized carbons (Fsp3) is 1.00. The fourth-order valence-electron chi connectivity index (χ4n) is 6.75. The quantitative estimate of drug-likeness (QED) is 0.171. The van der Waals surface area contributed by atoms with Crippen LogP contribution in [0.25, 0.3) is 0 Å². The Labute approximate surface area is 252 Å². The standard InChI is InChI=1S/C22H37O19P3/c1-11-14-17(20(5-23,36-11)6-31-14)40-43(26,27)34-10-22-8-33-16(13(3)38-22)19(22)41-44(28,29)35-9-21-7-32-15(12(2)37-21)18(21)39-42(24,25)30-4/h11-19,23H,5-10H2,1-4H3,(H,24,25)(H,26,27)(H,28,29)/t11-,12-,13-,14?,15?,16?,17+,18+,19+,20-,21+,22+/m0/s1. The van der Waals surface area contributed by atoms with E-state index in [9.17, 15) is 33.5 Å².